The molecular formula is C48H28O. The third-order valence-corrected chi connectivity index (χ3v) is 10.6. The third kappa shape index (κ3) is 3.76. The van der Waals surface area contributed by atoms with Gasteiger partial charge in [-0.1, -0.05) is 152 Å². The second kappa shape index (κ2) is 10.0. The molecule has 1 heterocycles. The van der Waals surface area contributed by atoms with E-state index >= 15 is 0 Å². The Morgan fingerprint density at radius 3 is 1.73 bits per heavy atom. The summed E-state index contributed by atoms with van der Waals surface area (Å²) in [6.45, 7) is 0. The highest BCUT2D eigenvalue weighted by atomic mass is 16.5. The summed E-state index contributed by atoms with van der Waals surface area (Å²) in [5.41, 5.74) is 7.34. The molecule has 0 fully saturated rings. The van der Waals surface area contributed by atoms with E-state index in [1.807, 2.05) is 6.07 Å². The van der Waals surface area contributed by atoms with Crippen LogP contribution < -0.4 is 4.74 Å². The molecule has 1 nitrogen and oxygen atoms in total. The Kier molecular flexibility index (Phi) is 5.45. The molecule has 0 bridgehead atoms. The summed E-state index contributed by atoms with van der Waals surface area (Å²) < 4.78 is 6.45. The zero-order valence-corrected chi connectivity index (χ0v) is 26.6. The maximum Gasteiger partial charge on any atom is 0.135 e. The van der Waals surface area contributed by atoms with Crippen LogP contribution in [-0.2, 0) is 0 Å². The highest BCUT2D eigenvalue weighted by molar-refractivity contribution is 6.28. The van der Waals surface area contributed by atoms with Gasteiger partial charge in [0.05, 0.1) is 0 Å². The maximum absolute atomic E-state index is 6.45. The molecule has 10 aromatic carbocycles. The Hall–Kier alpha value is -6.44. The SMILES string of the molecule is c1ccc2c(c1)Oc1ccc(-c3ccc(-c4c5ccc6ccccc6c5cc5ccc6ccccc6c45)c4ccccc34)c3cccc-2c13. The van der Waals surface area contributed by atoms with Gasteiger partial charge < -0.3 is 4.74 Å². The first kappa shape index (κ1) is 26.6. The largest absolute Gasteiger partial charge is 0.456 e. The van der Waals surface area contributed by atoms with E-state index in [0.29, 0.717) is 0 Å². The molecule has 0 saturated heterocycles. The minimum Gasteiger partial charge on any atom is -0.456 e. The van der Waals surface area contributed by atoms with E-state index in [1.165, 1.54) is 92.5 Å². The molecule has 226 valence electrons. The number of benzene rings is 10. The molecule has 0 unspecified atom stereocenters. The average Bonchev–Trinajstić information content (AvgIpc) is 3.17. The van der Waals surface area contributed by atoms with Gasteiger partial charge in [-0.25, -0.2) is 0 Å². The second-order valence-electron chi connectivity index (χ2n) is 13.2. The van der Waals surface area contributed by atoms with Gasteiger partial charge >= 0.3 is 0 Å². The van der Waals surface area contributed by atoms with Gasteiger partial charge in [-0.2, -0.15) is 0 Å². The fraction of sp³-hybridized carbons (Fsp3) is 0. The average molecular weight is 621 g/mol. The minimum atomic E-state index is 0.910. The summed E-state index contributed by atoms with van der Waals surface area (Å²) in [6.07, 6.45) is 0. The zero-order valence-electron chi connectivity index (χ0n) is 26.6. The standard InChI is InChI=1S/C48H28O/c1-3-12-32-29(10-1)22-23-42-43(32)28-31-21-20-30-11-2-4-13-33(30)46(31)48(42)41-25-24-36(34-14-5-6-15-35(34)41)37-26-27-45-47-39(37)17-9-18-40(47)38-16-7-8-19-44(38)49-45/h1-28H. The molecule has 0 N–H and O–H groups in total. The van der Waals surface area contributed by atoms with Crippen LogP contribution in [0.25, 0.3) is 98.0 Å². The third-order valence-electron chi connectivity index (χ3n) is 10.6. The van der Waals surface area contributed by atoms with E-state index in [2.05, 4.69) is 164 Å². The van der Waals surface area contributed by atoms with E-state index in [4.69, 9.17) is 4.74 Å². The number of hydrogen-bond acceptors (Lipinski definition) is 1. The highest BCUT2D eigenvalue weighted by Crippen LogP contribution is 2.50. The van der Waals surface area contributed by atoms with Gasteiger partial charge in [0, 0.05) is 10.9 Å². The van der Waals surface area contributed by atoms with Gasteiger partial charge in [0.15, 0.2) is 0 Å². The van der Waals surface area contributed by atoms with Gasteiger partial charge in [0.25, 0.3) is 0 Å². The van der Waals surface area contributed by atoms with Crippen molar-refractivity contribution >= 4 is 64.6 Å². The van der Waals surface area contributed by atoms with Crippen LogP contribution in [-0.4, -0.2) is 0 Å². The van der Waals surface area contributed by atoms with Crippen LogP contribution >= 0.6 is 0 Å². The predicted octanol–water partition coefficient (Wildman–Crippen LogP) is 13.7. The van der Waals surface area contributed by atoms with Gasteiger partial charge in [0.1, 0.15) is 11.5 Å². The first-order valence-electron chi connectivity index (χ1n) is 16.9. The molecule has 10 aromatic rings. The number of para-hydroxylation sites is 1. The van der Waals surface area contributed by atoms with Crippen LogP contribution in [0.5, 0.6) is 11.5 Å². The number of rotatable bonds is 2. The van der Waals surface area contributed by atoms with Crippen molar-refractivity contribution in [1.82, 2.24) is 0 Å². The molecule has 49 heavy (non-hydrogen) atoms. The summed E-state index contributed by atoms with van der Waals surface area (Å²) in [4.78, 5) is 0. The van der Waals surface area contributed by atoms with Crippen molar-refractivity contribution in [1.29, 1.82) is 0 Å². The highest BCUT2D eigenvalue weighted by Gasteiger charge is 2.23. The van der Waals surface area contributed by atoms with Crippen molar-refractivity contribution in [3.05, 3.63) is 170 Å². The Balaban J connectivity index is 1.24. The molecule has 0 atom stereocenters. The monoisotopic (exact) mass is 620 g/mol. The fourth-order valence-corrected chi connectivity index (χ4v) is 8.49. The molecule has 1 aliphatic heterocycles. The maximum atomic E-state index is 6.45. The van der Waals surface area contributed by atoms with E-state index < -0.39 is 0 Å². The number of ether oxygens (including phenoxy) is 1. The predicted molar refractivity (Wildman–Crippen MR) is 208 cm³/mol. The molecule has 0 amide bonds. The van der Waals surface area contributed by atoms with Crippen LogP contribution in [0.4, 0.5) is 0 Å². The molecule has 0 radical (unpaired) electrons. The van der Waals surface area contributed by atoms with Crippen molar-refractivity contribution in [2.75, 3.05) is 0 Å². The van der Waals surface area contributed by atoms with Crippen LogP contribution in [0.15, 0.2) is 170 Å². The zero-order chi connectivity index (χ0) is 32.1. The Morgan fingerprint density at radius 1 is 0.265 bits per heavy atom. The van der Waals surface area contributed by atoms with Gasteiger partial charge in [0.2, 0.25) is 0 Å². The normalized spacial score (nSPS) is 12.2. The van der Waals surface area contributed by atoms with Crippen molar-refractivity contribution < 1.29 is 4.74 Å². The minimum absolute atomic E-state index is 0.910. The van der Waals surface area contributed by atoms with E-state index in [0.717, 1.165) is 17.1 Å². The van der Waals surface area contributed by atoms with Crippen molar-refractivity contribution in [3.8, 4) is 44.9 Å². The molecule has 0 spiro atoms. The van der Waals surface area contributed by atoms with Crippen molar-refractivity contribution in [2.24, 2.45) is 0 Å². The molecule has 0 aliphatic carbocycles. The number of fused-ring (bicyclic) bond motifs is 9. The first-order chi connectivity index (χ1) is 24.3. The summed E-state index contributed by atoms with van der Waals surface area (Å²) in [7, 11) is 0. The fourth-order valence-electron chi connectivity index (χ4n) is 8.49. The smallest absolute Gasteiger partial charge is 0.135 e. The van der Waals surface area contributed by atoms with Gasteiger partial charge in [-0.05, 0) is 105 Å². The summed E-state index contributed by atoms with van der Waals surface area (Å²) in [5.74, 6) is 1.82. The first-order valence-corrected chi connectivity index (χ1v) is 16.9. The Morgan fingerprint density at radius 2 is 0.857 bits per heavy atom. The lowest BCUT2D eigenvalue weighted by Crippen LogP contribution is -1.98. The molecule has 0 saturated carbocycles. The lowest BCUT2D eigenvalue weighted by Gasteiger charge is -2.23. The van der Waals surface area contributed by atoms with E-state index in [1.54, 1.807) is 0 Å². The Labute approximate surface area is 283 Å². The molecule has 1 heteroatoms. The van der Waals surface area contributed by atoms with E-state index in [9.17, 15) is 0 Å². The molecule has 0 aromatic heterocycles. The van der Waals surface area contributed by atoms with Gasteiger partial charge in [-0.15, -0.1) is 0 Å². The summed E-state index contributed by atoms with van der Waals surface area (Å²) >= 11 is 0. The van der Waals surface area contributed by atoms with Crippen LogP contribution in [0.2, 0.25) is 0 Å². The molecule has 1 aliphatic rings. The quantitative estimate of drug-likeness (QED) is 0.138. The van der Waals surface area contributed by atoms with Crippen molar-refractivity contribution in [2.45, 2.75) is 0 Å². The van der Waals surface area contributed by atoms with Crippen LogP contribution in [0, 0.1) is 0 Å². The van der Waals surface area contributed by atoms with Gasteiger partial charge in [-0.3, -0.25) is 0 Å². The summed E-state index contributed by atoms with van der Waals surface area (Å²) in [6, 6.07) is 62.2. The van der Waals surface area contributed by atoms with Crippen molar-refractivity contribution in [3.63, 3.8) is 0 Å². The number of hydrogen-bond donors (Lipinski definition) is 0. The lowest BCUT2D eigenvalue weighted by atomic mass is 9.84. The van der Waals surface area contributed by atoms with Crippen LogP contribution in [0.1, 0.15) is 0 Å². The topological polar surface area (TPSA) is 9.23 Å². The summed E-state index contributed by atoms with van der Waals surface area (Å²) in [5, 5.41) is 15.1. The second-order valence-corrected chi connectivity index (χ2v) is 13.2. The molecular weight excluding hydrogens is 593 g/mol. The van der Waals surface area contributed by atoms with E-state index in [-0.39, 0.29) is 0 Å². The lowest BCUT2D eigenvalue weighted by molar-refractivity contribution is 0.487. The van der Waals surface area contributed by atoms with Crippen LogP contribution in [0.3, 0.4) is 0 Å². The Bertz CT molecular complexity index is 3020. The molecule has 11 rings (SSSR count).